The maximum absolute atomic E-state index is 11.0. The van der Waals surface area contributed by atoms with Crippen LogP contribution >= 0.6 is 0 Å². The second kappa shape index (κ2) is 7.07. The van der Waals surface area contributed by atoms with Crippen molar-refractivity contribution in [1.82, 2.24) is 4.90 Å². The first-order valence-corrected chi connectivity index (χ1v) is 5.35. The summed E-state index contributed by atoms with van der Waals surface area (Å²) in [6.07, 6.45) is 3.51. The Hall–Kier alpha value is -0.370. The Morgan fingerprint density at radius 3 is 2.38 bits per heavy atom. The van der Waals surface area contributed by atoms with Gasteiger partial charge in [0.1, 0.15) is 5.78 Å². The van der Waals surface area contributed by atoms with Gasteiger partial charge in [-0.2, -0.15) is 0 Å². The molecule has 0 spiro atoms. The van der Waals surface area contributed by atoms with Gasteiger partial charge in [0, 0.05) is 6.04 Å². The first-order valence-electron chi connectivity index (χ1n) is 5.35. The number of hydrogen-bond donors (Lipinski definition) is 0. The summed E-state index contributed by atoms with van der Waals surface area (Å²) in [6, 6.07) is 0.537. The quantitative estimate of drug-likeness (QED) is 0.607. The smallest absolute Gasteiger partial charge is 0.143 e. The van der Waals surface area contributed by atoms with Crippen LogP contribution < -0.4 is 0 Å². The van der Waals surface area contributed by atoms with Gasteiger partial charge in [-0.15, -0.1) is 0 Å². The molecule has 0 aliphatic carbocycles. The van der Waals surface area contributed by atoms with Crippen molar-refractivity contribution < 1.29 is 4.79 Å². The first kappa shape index (κ1) is 12.6. The highest BCUT2D eigenvalue weighted by Gasteiger charge is 2.12. The molecule has 0 aromatic carbocycles. The highest BCUT2D eigenvalue weighted by Crippen LogP contribution is 2.05. The first-order chi connectivity index (χ1) is 6.11. The van der Waals surface area contributed by atoms with E-state index in [9.17, 15) is 4.79 Å². The number of carbonyl (C=O) groups is 1. The summed E-state index contributed by atoms with van der Waals surface area (Å²) >= 11 is 0. The van der Waals surface area contributed by atoms with Crippen molar-refractivity contribution in [3.05, 3.63) is 0 Å². The molecule has 0 fully saturated rings. The molecule has 0 aromatic rings. The van der Waals surface area contributed by atoms with Crippen molar-refractivity contribution in [2.45, 2.75) is 53.0 Å². The molecule has 0 radical (unpaired) electrons. The van der Waals surface area contributed by atoms with Gasteiger partial charge in [0.05, 0.1) is 6.54 Å². The normalized spacial score (nSPS) is 13.3. The SMILES string of the molecule is CCCCN(CC(C)=O)C(C)CC. The molecule has 0 saturated carbocycles. The number of unbranched alkanes of at least 4 members (excludes halogenated alkanes) is 1. The highest BCUT2D eigenvalue weighted by atomic mass is 16.1. The maximum Gasteiger partial charge on any atom is 0.143 e. The van der Waals surface area contributed by atoms with Gasteiger partial charge in [-0.05, 0) is 33.2 Å². The average Bonchev–Trinajstić information content (AvgIpc) is 2.10. The third-order valence-corrected chi connectivity index (χ3v) is 2.44. The van der Waals surface area contributed by atoms with Gasteiger partial charge in [-0.3, -0.25) is 9.69 Å². The van der Waals surface area contributed by atoms with Gasteiger partial charge < -0.3 is 0 Å². The molecule has 0 aliphatic rings. The molecule has 0 N–H and O–H groups in total. The molecule has 13 heavy (non-hydrogen) atoms. The third kappa shape index (κ3) is 5.81. The van der Waals surface area contributed by atoms with E-state index < -0.39 is 0 Å². The Labute approximate surface area is 82.3 Å². The summed E-state index contributed by atoms with van der Waals surface area (Å²) in [5.74, 6) is 0.274. The molecule has 1 unspecified atom stereocenters. The van der Waals surface area contributed by atoms with Gasteiger partial charge in [0.2, 0.25) is 0 Å². The van der Waals surface area contributed by atoms with E-state index in [-0.39, 0.29) is 5.78 Å². The summed E-state index contributed by atoms with van der Waals surface area (Å²) in [5.41, 5.74) is 0. The number of nitrogens with zero attached hydrogens (tertiary/aromatic N) is 1. The van der Waals surface area contributed by atoms with Crippen molar-refractivity contribution in [3.63, 3.8) is 0 Å². The molecule has 0 aliphatic heterocycles. The van der Waals surface area contributed by atoms with E-state index in [1.165, 1.54) is 12.8 Å². The van der Waals surface area contributed by atoms with E-state index in [2.05, 4.69) is 25.7 Å². The molecule has 2 nitrogen and oxygen atoms in total. The van der Waals surface area contributed by atoms with Crippen LogP contribution in [0, 0.1) is 0 Å². The monoisotopic (exact) mass is 185 g/mol. The zero-order valence-electron chi connectivity index (χ0n) is 9.47. The average molecular weight is 185 g/mol. The largest absolute Gasteiger partial charge is 0.299 e. The standard InChI is InChI=1S/C11H23NO/c1-5-7-8-12(9-11(4)13)10(3)6-2/h10H,5-9H2,1-4H3. The maximum atomic E-state index is 11.0. The molecule has 0 amide bonds. The van der Waals surface area contributed by atoms with Gasteiger partial charge >= 0.3 is 0 Å². The van der Waals surface area contributed by atoms with E-state index in [0.29, 0.717) is 12.6 Å². The van der Waals surface area contributed by atoms with Crippen LogP contribution in [0.15, 0.2) is 0 Å². The van der Waals surface area contributed by atoms with Crippen LogP contribution in [0.1, 0.15) is 47.0 Å². The van der Waals surface area contributed by atoms with Crippen LogP contribution in [-0.4, -0.2) is 29.8 Å². The Kier molecular flexibility index (Phi) is 6.87. The molecule has 0 heterocycles. The Bertz CT molecular complexity index is 145. The number of hydrogen-bond acceptors (Lipinski definition) is 2. The number of rotatable bonds is 7. The summed E-state index contributed by atoms with van der Waals surface area (Å²) in [4.78, 5) is 13.3. The van der Waals surface area contributed by atoms with E-state index in [0.717, 1.165) is 13.0 Å². The molecule has 78 valence electrons. The molecule has 2 heteroatoms. The van der Waals surface area contributed by atoms with E-state index in [1.54, 1.807) is 6.92 Å². The Morgan fingerprint density at radius 2 is 2.00 bits per heavy atom. The molecule has 1 atom stereocenters. The highest BCUT2D eigenvalue weighted by molar-refractivity contribution is 5.77. The Morgan fingerprint density at radius 1 is 1.38 bits per heavy atom. The van der Waals surface area contributed by atoms with Crippen molar-refractivity contribution in [3.8, 4) is 0 Å². The molecule has 0 rings (SSSR count). The van der Waals surface area contributed by atoms with Crippen LogP contribution in [0.25, 0.3) is 0 Å². The van der Waals surface area contributed by atoms with Gasteiger partial charge in [-0.25, -0.2) is 0 Å². The third-order valence-electron chi connectivity index (χ3n) is 2.44. The van der Waals surface area contributed by atoms with Crippen LogP contribution in [0.4, 0.5) is 0 Å². The predicted molar refractivity (Wildman–Crippen MR) is 56.9 cm³/mol. The molecule has 0 aromatic heterocycles. The van der Waals surface area contributed by atoms with Gasteiger partial charge in [0.15, 0.2) is 0 Å². The predicted octanol–water partition coefficient (Wildman–Crippen LogP) is 2.48. The zero-order valence-corrected chi connectivity index (χ0v) is 9.47. The lowest BCUT2D eigenvalue weighted by Crippen LogP contribution is -2.37. The van der Waals surface area contributed by atoms with Crippen molar-refractivity contribution in [2.24, 2.45) is 0 Å². The number of carbonyl (C=O) groups excluding carboxylic acids is 1. The minimum absolute atomic E-state index is 0.274. The molecular formula is C11H23NO. The topological polar surface area (TPSA) is 20.3 Å². The minimum atomic E-state index is 0.274. The molecule has 0 bridgehead atoms. The number of Topliss-reactive ketones (excluding diaryl/α,β-unsaturated/α-hetero) is 1. The fraction of sp³-hybridized carbons (Fsp3) is 0.909. The van der Waals surface area contributed by atoms with Crippen LogP contribution in [0.3, 0.4) is 0 Å². The second-order valence-corrected chi connectivity index (χ2v) is 3.78. The summed E-state index contributed by atoms with van der Waals surface area (Å²) in [5, 5.41) is 0. The lowest BCUT2D eigenvalue weighted by atomic mass is 10.2. The van der Waals surface area contributed by atoms with Crippen LogP contribution in [0.2, 0.25) is 0 Å². The fourth-order valence-corrected chi connectivity index (χ4v) is 1.36. The van der Waals surface area contributed by atoms with E-state index >= 15 is 0 Å². The molecular weight excluding hydrogens is 162 g/mol. The fourth-order valence-electron chi connectivity index (χ4n) is 1.36. The van der Waals surface area contributed by atoms with Gasteiger partial charge in [0.25, 0.3) is 0 Å². The van der Waals surface area contributed by atoms with Crippen LogP contribution in [-0.2, 0) is 4.79 Å². The van der Waals surface area contributed by atoms with E-state index in [4.69, 9.17) is 0 Å². The van der Waals surface area contributed by atoms with Crippen molar-refractivity contribution in [2.75, 3.05) is 13.1 Å². The van der Waals surface area contributed by atoms with Crippen molar-refractivity contribution >= 4 is 5.78 Å². The molecule has 0 saturated heterocycles. The van der Waals surface area contributed by atoms with Gasteiger partial charge in [-0.1, -0.05) is 20.3 Å². The summed E-state index contributed by atoms with van der Waals surface area (Å²) in [7, 11) is 0. The summed E-state index contributed by atoms with van der Waals surface area (Å²) in [6.45, 7) is 9.90. The lowest BCUT2D eigenvalue weighted by molar-refractivity contribution is -0.118. The second-order valence-electron chi connectivity index (χ2n) is 3.78. The van der Waals surface area contributed by atoms with E-state index in [1.807, 2.05) is 0 Å². The Balaban J connectivity index is 3.94. The van der Waals surface area contributed by atoms with Crippen LogP contribution in [0.5, 0.6) is 0 Å². The summed E-state index contributed by atoms with van der Waals surface area (Å²) < 4.78 is 0. The van der Waals surface area contributed by atoms with Crippen molar-refractivity contribution in [1.29, 1.82) is 0 Å². The minimum Gasteiger partial charge on any atom is -0.299 e. The lowest BCUT2D eigenvalue weighted by Gasteiger charge is -2.26. The zero-order chi connectivity index (χ0) is 10.3. The number of ketones is 1.